The Bertz CT molecular complexity index is 522. The highest BCUT2D eigenvalue weighted by atomic mass is 32.2. The number of carbonyl (C=O) groups excluding carboxylic acids is 1. The van der Waals surface area contributed by atoms with E-state index in [0.717, 1.165) is 38.4 Å². The first-order valence-electron chi connectivity index (χ1n) is 8.39. The van der Waals surface area contributed by atoms with Crippen LogP contribution in [0.3, 0.4) is 0 Å². The fraction of sp³-hybridized carbons (Fsp3) is 0.867. The number of hydrogen-bond acceptors (Lipinski definition) is 5. The van der Waals surface area contributed by atoms with Crippen LogP contribution in [0.15, 0.2) is 4.99 Å². The summed E-state index contributed by atoms with van der Waals surface area (Å²) in [6.07, 6.45) is 3.61. The Labute approximate surface area is 144 Å². The number of sulfone groups is 1. The van der Waals surface area contributed by atoms with E-state index < -0.39 is 9.84 Å². The third kappa shape index (κ3) is 9.07. The fourth-order valence-electron chi connectivity index (χ4n) is 2.66. The van der Waals surface area contributed by atoms with Crippen LogP contribution >= 0.6 is 0 Å². The molecule has 1 amide bonds. The predicted molar refractivity (Wildman–Crippen MR) is 94.6 cm³/mol. The van der Waals surface area contributed by atoms with Crippen molar-refractivity contribution in [2.75, 3.05) is 51.4 Å². The molecule has 140 valence electrons. The zero-order valence-electron chi connectivity index (χ0n) is 14.7. The first kappa shape index (κ1) is 20.7. The molecule has 0 radical (unpaired) electrons. The van der Waals surface area contributed by atoms with Crippen LogP contribution in [0, 0.1) is 5.92 Å². The SMILES string of the molecule is CCNC(=NCCOCCS(C)(=O)=O)N1CCCC(CC(N)=O)C1. The molecule has 9 heteroatoms. The van der Waals surface area contributed by atoms with Crippen LogP contribution in [0.4, 0.5) is 0 Å². The highest BCUT2D eigenvalue weighted by molar-refractivity contribution is 7.90. The monoisotopic (exact) mass is 362 g/mol. The molecule has 1 unspecified atom stereocenters. The standard InChI is InChI=1S/C15H30N4O4S/c1-3-17-15(18-6-8-23-9-10-24(2,21)22)19-7-4-5-13(12-19)11-14(16)20/h13H,3-12H2,1-2H3,(H2,16,20)(H,17,18). The van der Waals surface area contributed by atoms with Crippen LogP contribution in [0.5, 0.6) is 0 Å². The maximum absolute atomic E-state index is 11.1. The molecule has 0 aromatic carbocycles. The maximum atomic E-state index is 11.1. The second kappa shape index (κ2) is 10.5. The number of carbonyl (C=O) groups is 1. The Morgan fingerprint density at radius 3 is 2.79 bits per heavy atom. The van der Waals surface area contributed by atoms with Crippen LogP contribution in [0.1, 0.15) is 26.2 Å². The number of likely N-dealkylation sites (tertiary alicyclic amines) is 1. The first-order valence-corrected chi connectivity index (χ1v) is 10.4. The zero-order valence-corrected chi connectivity index (χ0v) is 15.5. The molecule has 1 fully saturated rings. The van der Waals surface area contributed by atoms with Crippen molar-refractivity contribution in [2.45, 2.75) is 26.2 Å². The average Bonchev–Trinajstić information content (AvgIpc) is 2.48. The molecule has 0 spiro atoms. The minimum absolute atomic E-state index is 0.0255. The van der Waals surface area contributed by atoms with Gasteiger partial charge in [-0.15, -0.1) is 0 Å². The van der Waals surface area contributed by atoms with Gasteiger partial charge >= 0.3 is 0 Å². The lowest BCUT2D eigenvalue weighted by molar-refractivity contribution is -0.119. The van der Waals surface area contributed by atoms with Gasteiger partial charge in [0.2, 0.25) is 5.91 Å². The van der Waals surface area contributed by atoms with Gasteiger partial charge in [-0.3, -0.25) is 9.79 Å². The summed E-state index contributed by atoms with van der Waals surface area (Å²) in [6.45, 7) is 5.45. The molecule has 1 saturated heterocycles. The molecule has 0 aromatic rings. The molecule has 0 bridgehead atoms. The second-order valence-corrected chi connectivity index (χ2v) is 8.36. The zero-order chi connectivity index (χ0) is 18.0. The van der Waals surface area contributed by atoms with Gasteiger partial charge in [-0.05, 0) is 25.7 Å². The number of piperidine rings is 1. The van der Waals surface area contributed by atoms with Gasteiger partial charge in [0.25, 0.3) is 0 Å². The Morgan fingerprint density at radius 2 is 2.17 bits per heavy atom. The number of guanidine groups is 1. The fourth-order valence-corrected chi connectivity index (χ4v) is 3.08. The van der Waals surface area contributed by atoms with Crippen LogP contribution in [-0.2, 0) is 19.4 Å². The summed E-state index contributed by atoms with van der Waals surface area (Å²) in [7, 11) is -2.99. The van der Waals surface area contributed by atoms with Gasteiger partial charge in [0, 0.05) is 32.3 Å². The van der Waals surface area contributed by atoms with E-state index in [-0.39, 0.29) is 24.2 Å². The molecule has 24 heavy (non-hydrogen) atoms. The van der Waals surface area contributed by atoms with Crippen LogP contribution in [-0.4, -0.2) is 76.6 Å². The minimum Gasteiger partial charge on any atom is -0.378 e. The van der Waals surface area contributed by atoms with E-state index in [9.17, 15) is 13.2 Å². The first-order chi connectivity index (χ1) is 11.3. The third-order valence-electron chi connectivity index (χ3n) is 3.74. The van der Waals surface area contributed by atoms with Gasteiger partial charge < -0.3 is 20.7 Å². The maximum Gasteiger partial charge on any atom is 0.217 e. The number of primary amides is 1. The van der Waals surface area contributed by atoms with Gasteiger partial charge in [-0.2, -0.15) is 0 Å². The van der Waals surface area contributed by atoms with Crippen LogP contribution in [0.25, 0.3) is 0 Å². The normalized spacial score (nSPS) is 19.3. The van der Waals surface area contributed by atoms with E-state index in [1.54, 1.807) is 0 Å². The van der Waals surface area contributed by atoms with E-state index in [1.165, 1.54) is 6.26 Å². The van der Waals surface area contributed by atoms with E-state index in [1.807, 2.05) is 6.92 Å². The Kier molecular flexibility index (Phi) is 9.05. The highest BCUT2D eigenvalue weighted by Gasteiger charge is 2.23. The minimum atomic E-state index is -2.99. The number of nitrogens with two attached hydrogens (primary N) is 1. The Hall–Kier alpha value is -1.35. The van der Waals surface area contributed by atoms with E-state index in [4.69, 9.17) is 10.5 Å². The van der Waals surface area contributed by atoms with E-state index in [0.29, 0.717) is 19.6 Å². The van der Waals surface area contributed by atoms with Crippen LogP contribution in [0.2, 0.25) is 0 Å². The summed E-state index contributed by atoms with van der Waals surface area (Å²) in [5.41, 5.74) is 5.30. The lowest BCUT2D eigenvalue weighted by Gasteiger charge is -2.34. The molecule has 1 heterocycles. The van der Waals surface area contributed by atoms with Gasteiger partial charge in [-0.1, -0.05) is 0 Å². The number of hydrogen-bond donors (Lipinski definition) is 2. The Balaban J connectivity index is 2.45. The van der Waals surface area contributed by atoms with E-state index >= 15 is 0 Å². The number of ether oxygens (including phenoxy) is 1. The van der Waals surface area contributed by atoms with Gasteiger partial charge in [0.1, 0.15) is 9.84 Å². The smallest absolute Gasteiger partial charge is 0.217 e. The van der Waals surface area contributed by atoms with Gasteiger partial charge in [0.05, 0.1) is 25.5 Å². The lowest BCUT2D eigenvalue weighted by Crippen LogP contribution is -2.47. The molecular formula is C15H30N4O4S. The number of rotatable bonds is 9. The number of nitrogens with one attached hydrogen (secondary N) is 1. The summed E-state index contributed by atoms with van der Waals surface area (Å²) < 4.78 is 27.3. The molecule has 0 saturated carbocycles. The van der Waals surface area contributed by atoms with Crippen molar-refractivity contribution >= 4 is 21.7 Å². The summed E-state index contributed by atoms with van der Waals surface area (Å²) >= 11 is 0. The third-order valence-corrected chi connectivity index (χ3v) is 4.65. The molecule has 8 nitrogen and oxygen atoms in total. The second-order valence-electron chi connectivity index (χ2n) is 6.10. The summed E-state index contributed by atoms with van der Waals surface area (Å²) in [5, 5.41) is 3.25. The van der Waals surface area contributed by atoms with E-state index in [2.05, 4.69) is 15.2 Å². The van der Waals surface area contributed by atoms with Crippen LogP contribution < -0.4 is 11.1 Å². The van der Waals surface area contributed by atoms with Crippen molar-refractivity contribution in [2.24, 2.45) is 16.6 Å². The highest BCUT2D eigenvalue weighted by Crippen LogP contribution is 2.19. The van der Waals surface area contributed by atoms with Crippen molar-refractivity contribution in [3.05, 3.63) is 0 Å². The molecule has 3 N–H and O–H groups in total. The Morgan fingerprint density at radius 1 is 1.42 bits per heavy atom. The summed E-state index contributed by atoms with van der Waals surface area (Å²) in [6, 6.07) is 0. The molecule has 0 aliphatic carbocycles. The molecule has 1 aliphatic heterocycles. The molecular weight excluding hydrogens is 332 g/mol. The topological polar surface area (TPSA) is 114 Å². The molecule has 1 rings (SSSR count). The number of amides is 1. The van der Waals surface area contributed by atoms with Crippen molar-refractivity contribution in [3.63, 3.8) is 0 Å². The number of nitrogens with zero attached hydrogens (tertiary/aromatic N) is 2. The average molecular weight is 362 g/mol. The van der Waals surface area contributed by atoms with Crippen molar-refractivity contribution in [1.82, 2.24) is 10.2 Å². The molecule has 1 aliphatic rings. The predicted octanol–water partition coefficient (Wildman–Crippen LogP) is -0.399. The number of aliphatic imine (C=N–C) groups is 1. The summed E-state index contributed by atoms with van der Waals surface area (Å²) in [4.78, 5) is 17.8. The quantitative estimate of drug-likeness (QED) is 0.328. The van der Waals surface area contributed by atoms with Crippen molar-refractivity contribution in [1.29, 1.82) is 0 Å². The summed E-state index contributed by atoms with van der Waals surface area (Å²) in [5.74, 6) is 0.838. The van der Waals surface area contributed by atoms with Gasteiger partial charge in [-0.25, -0.2) is 8.42 Å². The van der Waals surface area contributed by atoms with Crippen molar-refractivity contribution in [3.8, 4) is 0 Å². The lowest BCUT2D eigenvalue weighted by atomic mass is 9.95. The molecule has 0 aromatic heterocycles. The van der Waals surface area contributed by atoms with Crippen molar-refractivity contribution < 1.29 is 17.9 Å². The molecule has 1 atom stereocenters. The largest absolute Gasteiger partial charge is 0.378 e. The van der Waals surface area contributed by atoms with Gasteiger partial charge in [0.15, 0.2) is 5.96 Å².